The highest BCUT2D eigenvalue weighted by atomic mass is 79.9. The Balaban J connectivity index is 1.29. The number of ether oxygens (including phenoxy) is 1. The first-order chi connectivity index (χ1) is 23.8. The van der Waals surface area contributed by atoms with Crippen LogP contribution >= 0.6 is 39.0 Å². The van der Waals surface area contributed by atoms with Crippen LogP contribution in [0.4, 0.5) is 10.8 Å². The Kier molecular flexibility index (Phi) is 12.5. The molecule has 0 spiro atoms. The Hall–Kier alpha value is -5.04. The van der Waals surface area contributed by atoms with Crippen molar-refractivity contribution in [3.05, 3.63) is 147 Å². The van der Waals surface area contributed by atoms with Gasteiger partial charge in [-0.2, -0.15) is 0 Å². The average molecular weight is 756 g/mol. The van der Waals surface area contributed by atoms with Crippen molar-refractivity contribution >= 4 is 79.6 Å². The lowest BCUT2D eigenvalue weighted by Gasteiger charge is -2.17. The minimum absolute atomic E-state index is 0.0287. The zero-order chi connectivity index (χ0) is 34.6. The van der Waals surface area contributed by atoms with Crippen molar-refractivity contribution in [3.63, 3.8) is 0 Å². The molecular formula is C37H31BrN4O5S2. The fourth-order valence-electron chi connectivity index (χ4n) is 4.50. The van der Waals surface area contributed by atoms with Gasteiger partial charge in [0.15, 0.2) is 5.13 Å². The van der Waals surface area contributed by atoms with Gasteiger partial charge in [-0.15, -0.1) is 23.1 Å². The SMILES string of the molecule is CCOC(=O)Cc1csc(NC(=O)C(Sc2ccc(NC(=O)/C(=C/c3ccc(Br)cc3)NC(=O)c3ccccc3)cc2)c2ccccc2)n1. The molecule has 0 aliphatic rings. The lowest BCUT2D eigenvalue weighted by molar-refractivity contribution is -0.142. The first kappa shape index (κ1) is 35.3. The molecule has 1 atom stereocenters. The van der Waals surface area contributed by atoms with Gasteiger partial charge in [0, 0.05) is 26.0 Å². The third-order valence-electron chi connectivity index (χ3n) is 6.83. The quantitative estimate of drug-likeness (QED) is 0.0634. The monoisotopic (exact) mass is 754 g/mol. The Morgan fingerprint density at radius 2 is 1.55 bits per heavy atom. The number of esters is 1. The van der Waals surface area contributed by atoms with Gasteiger partial charge in [-0.05, 0) is 72.7 Å². The third-order valence-corrected chi connectivity index (χ3v) is 9.43. The Morgan fingerprint density at radius 1 is 0.878 bits per heavy atom. The summed E-state index contributed by atoms with van der Waals surface area (Å²) in [5.41, 5.74) is 3.04. The standard InChI is InChI=1S/C37H31BrN4O5S2/c1-2-47-32(43)22-29-23-48-37(40-29)42-36(46)33(25-9-5-3-6-10-25)49-30-19-17-28(18-20-30)39-35(45)31(21-24-13-15-27(38)16-14-24)41-34(44)26-11-7-4-8-12-26/h3-21,23,33H,2,22H2,1H3,(H,39,45)(H,41,44)(H,40,42,46)/b31-21-. The van der Waals surface area contributed by atoms with Crippen LogP contribution in [-0.2, 0) is 25.5 Å². The largest absolute Gasteiger partial charge is 0.466 e. The van der Waals surface area contributed by atoms with Crippen LogP contribution in [0.5, 0.6) is 0 Å². The molecule has 12 heteroatoms. The van der Waals surface area contributed by atoms with E-state index in [-0.39, 0.29) is 30.6 Å². The minimum atomic E-state index is -0.618. The van der Waals surface area contributed by atoms with E-state index in [0.29, 0.717) is 22.1 Å². The maximum atomic E-state index is 13.5. The topological polar surface area (TPSA) is 126 Å². The van der Waals surface area contributed by atoms with Crippen LogP contribution in [0.1, 0.15) is 39.4 Å². The minimum Gasteiger partial charge on any atom is -0.466 e. The van der Waals surface area contributed by atoms with Crippen molar-refractivity contribution in [2.45, 2.75) is 23.5 Å². The summed E-state index contributed by atoms with van der Waals surface area (Å²) in [7, 11) is 0. The molecule has 1 aromatic heterocycles. The molecule has 4 aromatic carbocycles. The number of benzene rings is 4. The number of halogens is 1. The van der Waals surface area contributed by atoms with Gasteiger partial charge in [0.25, 0.3) is 11.8 Å². The molecule has 0 bridgehead atoms. The van der Waals surface area contributed by atoms with Crippen LogP contribution < -0.4 is 16.0 Å². The van der Waals surface area contributed by atoms with E-state index in [4.69, 9.17) is 4.74 Å². The molecule has 0 aliphatic carbocycles. The molecule has 9 nitrogen and oxygen atoms in total. The maximum Gasteiger partial charge on any atom is 0.311 e. The predicted molar refractivity (Wildman–Crippen MR) is 197 cm³/mol. The fourth-order valence-corrected chi connectivity index (χ4v) is 6.50. The number of thioether (sulfide) groups is 1. The summed E-state index contributed by atoms with van der Waals surface area (Å²) in [5, 5.41) is 9.97. The Morgan fingerprint density at radius 3 is 2.22 bits per heavy atom. The zero-order valence-electron chi connectivity index (χ0n) is 26.2. The predicted octanol–water partition coefficient (Wildman–Crippen LogP) is 7.89. The molecule has 0 radical (unpaired) electrons. The molecule has 0 saturated carbocycles. The average Bonchev–Trinajstić information content (AvgIpc) is 3.55. The molecule has 0 aliphatic heterocycles. The number of nitrogens with zero attached hydrogens (tertiary/aromatic N) is 1. The first-order valence-corrected chi connectivity index (χ1v) is 17.7. The summed E-state index contributed by atoms with van der Waals surface area (Å²) in [6.07, 6.45) is 1.64. The van der Waals surface area contributed by atoms with Gasteiger partial charge in [0.2, 0.25) is 5.91 Å². The number of carbonyl (C=O) groups is 4. The van der Waals surface area contributed by atoms with Crippen molar-refractivity contribution in [2.75, 3.05) is 17.2 Å². The van der Waals surface area contributed by atoms with E-state index in [2.05, 4.69) is 36.9 Å². The van der Waals surface area contributed by atoms with Gasteiger partial charge in [0.1, 0.15) is 10.9 Å². The number of hydrogen-bond acceptors (Lipinski definition) is 8. The highest BCUT2D eigenvalue weighted by Gasteiger charge is 2.24. The van der Waals surface area contributed by atoms with Crippen molar-refractivity contribution < 1.29 is 23.9 Å². The van der Waals surface area contributed by atoms with Gasteiger partial charge in [-0.25, -0.2) is 4.98 Å². The van der Waals surface area contributed by atoms with Crippen LogP contribution in [-0.4, -0.2) is 35.3 Å². The molecule has 0 fully saturated rings. The second-order valence-electron chi connectivity index (χ2n) is 10.4. The van der Waals surface area contributed by atoms with Gasteiger partial charge in [0.05, 0.1) is 18.7 Å². The van der Waals surface area contributed by atoms with E-state index in [1.807, 2.05) is 72.8 Å². The highest BCUT2D eigenvalue weighted by molar-refractivity contribution is 9.10. The van der Waals surface area contributed by atoms with Crippen molar-refractivity contribution in [3.8, 4) is 0 Å². The third kappa shape index (κ3) is 10.5. The van der Waals surface area contributed by atoms with E-state index in [0.717, 1.165) is 20.5 Å². The summed E-state index contributed by atoms with van der Waals surface area (Å²) in [4.78, 5) is 57.0. The number of anilines is 2. The van der Waals surface area contributed by atoms with Gasteiger partial charge >= 0.3 is 5.97 Å². The van der Waals surface area contributed by atoms with Gasteiger partial charge < -0.3 is 20.7 Å². The molecule has 3 N–H and O–H groups in total. The second-order valence-corrected chi connectivity index (χ2v) is 13.4. The van der Waals surface area contributed by atoms with E-state index < -0.39 is 17.1 Å². The highest BCUT2D eigenvalue weighted by Crippen LogP contribution is 2.37. The molecule has 5 rings (SSSR count). The van der Waals surface area contributed by atoms with Gasteiger partial charge in [-0.1, -0.05) is 76.6 Å². The summed E-state index contributed by atoms with van der Waals surface area (Å²) < 4.78 is 5.88. The molecular weight excluding hydrogens is 724 g/mol. The normalized spacial score (nSPS) is 11.7. The first-order valence-electron chi connectivity index (χ1n) is 15.1. The van der Waals surface area contributed by atoms with Crippen molar-refractivity contribution in [2.24, 2.45) is 0 Å². The van der Waals surface area contributed by atoms with Crippen molar-refractivity contribution in [1.82, 2.24) is 10.3 Å². The number of thiazole rings is 1. The van der Waals surface area contributed by atoms with Crippen LogP contribution in [0.15, 0.2) is 130 Å². The number of aromatic nitrogens is 1. The van der Waals surface area contributed by atoms with E-state index >= 15 is 0 Å². The lowest BCUT2D eigenvalue weighted by Crippen LogP contribution is -2.30. The number of rotatable bonds is 13. The van der Waals surface area contributed by atoms with E-state index in [1.54, 1.807) is 54.8 Å². The molecule has 248 valence electrons. The zero-order valence-corrected chi connectivity index (χ0v) is 29.4. The molecule has 5 aromatic rings. The smallest absolute Gasteiger partial charge is 0.311 e. The lowest BCUT2D eigenvalue weighted by atomic mass is 10.1. The Labute approximate surface area is 300 Å². The van der Waals surface area contributed by atoms with Crippen LogP contribution in [0.2, 0.25) is 0 Å². The molecule has 3 amide bonds. The van der Waals surface area contributed by atoms with Crippen LogP contribution in [0.25, 0.3) is 6.08 Å². The summed E-state index contributed by atoms with van der Waals surface area (Å²) >= 11 is 5.99. The number of carbonyl (C=O) groups excluding carboxylic acids is 4. The number of hydrogen-bond donors (Lipinski definition) is 3. The summed E-state index contributed by atoms with van der Waals surface area (Å²) in [6, 6.07) is 32.5. The van der Waals surface area contributed by atoms with Gasteiger partial charge in [-0.3, -0.25) is 19.2 Å². The van der Waals surface area contributed by atoms with E-state index in [9.17, 15) is 19.2 Å². The Bertz CT molecular complexity index is 1930. The summed E-state index contributed by atoms with van der Waals surface area (Å²) in [5.74, 6) is -1.57. The molecule has 49 heavy (non-hydrogen) atoms. The van der Waals surface area contributed by atoms with E-state index in [1.165, 1.54) is 23.1 Å². The fraction of sp³-hybridized carbons (Fsp3) is 0.108. The maximum absolute atomic E-state index is 13.5. The van der Waals surface area contributed by atoms with Crippen LogP contribution in [0, 0.1) is 0 Å². The number of nitrogens with one attached hydrogen (secondary N) is 3. The number of amides is 3. The summed E-state index contributed by atoms with van der Waals surface area (Å²) in [6.45, 7) is 2.03. The second kappa shape index (κ2) is 17.4. The molecule has 1 unspecified atom stereocenters. The molecule has 0 saturated heterocycles. The van der Waals surface area contributed by atoms with Crippen LogP contribution in [0.3, 0.4) is 0 Å². The van der Waals surface area contributed by atoms with Crippen molar-refractivity contribution in [1.29, 1.82) is 0 Å². The molecule has 1 heterocycles.